The fraction of sp³-hybridized carbons (Fsp3) is 0.0877. The Morgan fingerprint density at radius 3 is 1.43 bits per heavy atom. The molecule has 6 N–H and O–H groups in total. The number of carbonyl (C=O) groups excluding carboxylic acids is 3. The van der Waals surface area contributed by atoms with Crippen molar-refractivity contribution in [2.75, 3.05) is 7.05 Å². The minimum absolute atomic E-state index is 0.0136. The van der Waals surface area contributed by atoms with Crippen molar-refractivity contribution in [2.24, 2.45) is 0 Å². The number of fused-ring (bicyclic) bond motifs is 2. The number of benzene rings is 4. The predicted octanol–water partition coefficient (Wildman–Crippen LogP) is 8.35. The topological polar surface area (TPSA) is 226 Å². The molecule has 386 valence electrons. The molecule has 0 unspecified atom stereocenters. The molecular formula is C57H43F4N9O7. The van der Waals surface area contributed by atoms with Crippen LogP contribution in [0.4, 0.5) is 17.6 Å². The van der Waals surface area contributed by atoms with Crippen molar-refractivity contribution in [3.63, 3.8) is 0 Å². The maximum Gasteiger partial charge on any atom is 0.337 e. The van der Waals surface area contributed by atoms with Crippen molar-refractivity contribution in [3.8, 4) is 22.3 Å². The number of H-pyrrole nitrogens is 2. The van der Waals surface area contributed by atoms with E-state index in [0.717, 1.165) is 63.0 Å². The van der Waals surface area contributed by atoms with Crippen LogP contribution in [0.25, 0.3) is 44.3 Å². The second-order valence-electron chi connectivity index (χ2n) is 17.5. The van der Waals surface area contributed by atoms with E-state index in [1.807, 2.05) is 54.7 Å². The van der Waals surface area contributed by atoms with Crippen LogP contribution in [0.15, 0.2) is 168 Å². The van der Waals surface area contributed by atoms with Crippen molar-refractivity contribution in [2.45, 2.75) is 26.2 Å². The lowest BCUT2D eigenvalue weighted by Crippen LogP contribution is -2.32. The number of carboxylic acids is 1. The molecule has 0 atom stereocenters. The van der Waals surface area contributed by atoms with Crippen LogP contribution in [0.1, 0.15) is 63.7 Å². The maximum absolute atomic E-state index is 13.6. The summed E-state index contributed by atoms with van der Waals surface area (Å²) in [5.41, 5.74) is 5.99. The Morgan fingerprint density at radius 2 is 0.987 bits per heavy atom. The van der Waals surface area contributed by atoms with Gasteiger partial charge in [0, 0.05) is 79.2 Å². The van der Waals surface area contributed by atoms with E-state index in [1.54, 1.807) is 31.4 Å². The van der Waals surface area contributed by atoms with Gasteiger partial charge in [0.15, 0.2) is 23.3 Å². The van der Waals surface area contributed by atoms with Crippen molar-refractivity contribution in [1.29, 1.82) is 0 Å². The van der Waals surface area contributed by atoms with Crippen LogP contribution in [-0.4, -0.2) is 64.9 Å². The number of carboxylic acid groups (broad SMARTS) is 1. The Kier molecular flexibility index (Phi) is 15.1. The smallest absolute Gasteiger partial charge is 0.337 e. The summed E-state index contributed by atoms with van der Waals surface area (Å²) in [4.78, 5) is 89.5. The molecule has 0 radical (unpaired) electrons. The molecule has 0 aliphatic heterocycles. The summed E-state index contributed by atoms with van der Waals surface area (Å²) >= 11 is 0. The summed E-state index contributed by atoms with van der Waals surface area (Å²) in [5.74, 6) is -6.43. The molecule has 0 aliphatic rings. The van der Waals surface area contributed by atoms with Gasteiger partial charge in [0.05, 0.1) is 24.2 Å². The zero-order chi connectivity index (χ0) is 54.3. The van der Waals surface area contributed by atoms with E-state index in [2.05, 4.69) is 35.9 Å². The highest BCUT2D eigenvalue weighted by Crippen LogP contribution is 2.30. The van der Waals surface area contributed by atoms with Gasteiger partial charge < -0.3 is 40.2 Å². The van der Waals surface area contributed by atoms with E-state index in [9.17, 15) is 51.4 Å². The summed E-state index contributed by atoms with van der Waals surface area (Å²) < 4.78 is 56.1. The van der Waals surface area contributed by atoms with Crippen molar-refractivity contribution >= 4 is 45.8 Å². The highest BCUT2D eigenvalue weighted by atomic mass is 19.2. The number of nitrogens with zero attached hydrogens (tertiary/aromatic N) is 4. The summed E-state index contributed by atoms with van der Waals surface area (Å²) in [7, 11) is 1.56. The number of carbonyl (C=O) groups is 4. The molecule has 0 fully saturated rings. The number of hydrogen-bond donors (Lipinski definition) is 6. The van der Waals surface area contributed by atoms with Crippen molar-refractivity contribution < 1.29 is 41.8 Å². The first-order valence-corrected chi connectivity index (χ1v) is 23.6. The number of aromatic amines is 2. The quantitative estimate of drug-likeness (QED) is 0.0575. The van der Waals surface area contributed by atoms with E-state index in [1.165, 1.54) is 64.3 Å². The molecule has 16 nitrogen and oxygen atoms in total. The van der Waals surface area contributed by atoms with E-state index in [4.69, 9.17) is 0 Å². The third-order valence-electron chi connectivity index (χ3n) is 12.4. The van der Waals surface area contributed by atoms with Crippen LogP contribution in [0.5, 0.6) is 0 Å². The average molecular weight is 1040 g/mol. The van der Waals surface area contributed by atoms with Gasteiger partial charge >= 0.3 is 5.97 Å². The van der Waals surface area contributed by atoms with E-state index >= 15 is 0 Å². The lowest BCUT2D eigenvalue weighted by molar-refractivity contribution is 0.0695. The minimum atomic E-state index is -1.08. The Bertz CT molecular complexity index is 4060. The highest BCUT2D eigenvalue weighted by Gasteiger charge is 2.18. The highest BCUT2D eigenvalue weighted by molar-refractivity contribution is 6.01. The number of amides is 3. The third kappa shape index (κ3) is 11.6. The maximum atomic E-state index is 13.6. The molecule has 0 saturated carbocycles. The van der Waals surface area contributed by atoms with Crippen molar-refractivity contribution in [3.05, 3.63) is 247 Å². The SMILES string of the molecule is CNC(=O)c1cnc2[nH]cc(-c3cccc(CNC(=O)c4cccn(Cc5ccc(F)c(F)c5)c4=O)c3)c2c1.O=C(O)c1cnc2[nH]cc(-c3cccc(CNC(=O)c4cccn(Cc5ccc(F)c(F)c5)c4=O)c3)c2c1. The van der Waals surface area contributed by atoms with Gasteiger partial charge in [0.2, 0.25) is 0 Å². The average Bonchev–Trinajstić information content (AvgIpc) is 4.08. The number of aromatic carboxylic acids is 1. The first-order valence-electron chi connectivity index (χ1n) is 23.6. The fourth-order valence-corrected chi connectivity index (χ4v) is 8.46. The van der Waals surface area contributed by atoms with Crippen LogP contribution in [0.2, 0.25) is 0 Å². The molecule has 10 rings (SSSR count). The number of halogens is 4. The molecule has 6 heterocycles. The zero-order valence-electron chi connectivity index (χ0n) is 40.5. The van der Waals surface area contributed by atoms with Gasteiger partial charge in [-0.3, -0.25) is 24.0 Å². The second-order valence-corrected chi connectivity index (χ2v) is 17.5. The third-order valence-corrected chi connectivity index (χ3v) is 12.4. The van der Waals surface area contributed by atoms with Crippen molar-refractivity contribution in [1.82, 2.24) is 45.0 Å². The van der Waals surface area contributed by atoms with Gasteiger partial charge in [-0.05, 0) is 106 Å². The molecule has 20 heteroatoms. The zero-order valence-corrected chi connectivity index (χ0v) is 40.5. The standard InChI is InChI=1S/C29H23F2N5O3.C28H20F2N4O4/c1-32-27(37)20-12-22-23(15-34-26(22)33-14-20)19-5-2-4-17(10-19)13-35-28(38)21-6-3-9-36(29(21)39)16-18-7-8-24(30)25(31)11-18;29-23-7-6-17(10-24(23)30)15-34-8-2-5-20(27(34)36)26(35)33-12-16-3-1-4-18(9-16)22-14-32-25-21(22)11-19(13-31-25)28(37)38/h2-12,14-15H,13,16H2,1H3,(H,32,37)(H,33,34)(H,35,38);1-11,13-14H,12,15H2,(H,31,32)(H,33,35)(H,37,38). The molecule has 0 saturated heterocycles. The monoisotopic (exact) mass is 1040 g/mol. The minimum Gasteiger partial charge on any atom is -0.478 e. The van der Waals surface area contributed by atoms with Gasteiger partial charge in [0.25, 0.3) is 28.8 Å². The number of hydrogen-bond acceptors (Lipinski definition) is 8. The number of pyridine rings is 4. The number of rotatable bonds is 14. The first kappa shape index (κ1) is 51.7. The molecule has 0 aliphatic carbocycles. The van der Waals surface area contributed by atoms with Gasteiger partial charge in [-0.15, -0.1) is 0 Å². The van der Waals surface area contributed by atoms with Gasteiger partial charge in [-0.2, -0.15) is 0 Å². The largest absolute Gasteiger partial charge is 0.478 e. The fourth-order valence-electron chi connectivity index (χ4n) is 8.46. The molecule has 77 heavy (non-hydrogen) atoms. The lowest BCUT2D eigenvalue weighted by atomic mass is 10.0. The Balaban J connectivity index is 0.000000188. The normalized spacial score (nSPS) is 11.0. The first-order chi connectivity index (χ1) is 37.1. The van der Waals surface area contributed by atoms with E-state index in [0.29, 0.717) is 33.4 Å². The Hall–Kier alpha value is -10.2. The number of aromatic nitrogens is 6. The molecule has 10 aromatic rings. The predicted molar refractivity (Wildman–Crippen MR) is 278 cm³/mol. The van der Waals surface area contributed by atoms with Gasteiger partial charge in [-0.1, -0.05) is 48.5 Å². The van der Waals surface area contributed by atoms with Crippen LogP contribution < -0.4 is 27.1 Å². The van der Waals surface area contributed by atoms with Crippen LogP contribution in [0.3, 0.4) is 0 Å². The lowest BCUT2D eigenvalue weighted by Gasteiger charge is -2.10. The van der Waals surface area contributed by atoms with Gasteiger partial charge in [-0.25, -0.2) is 32.3 Å². The Morgan fingerprint density at radius 1 is 0.532 bits per heavy atom. The summed E-state index contributed by atoms with van der Waals surface area (Å²) in [6.07, 6.45) is 9.28. The Labute approximate surface area is 433 Å². The summed E-state index contributed by atoms with van der Waals surface area (Å²) in [5, 5.41) is 18.8. The van der Waals surface area contributed by atoms with Gasteiger partial charge in [0.1, 0.15) is 22.4 Å². The molecule has 0 bridgehead atoms. The molecular weight excluding hydrogens is 999 g/mol. The van der Waals surface area contributed by atoms with Crippen LogP contribution >= 0.6 is 0 Å². The van der Waals surface area contributed by atoms with Crippen LogP contribution in [-0.2, 0) is 26.2 Å². The molecule has 0 spiro atoms. The summed E-state index contributed by atoms with van der Waals surface area (Å²) in [6, 6.07) is 30.8. The molecule has 3 amide bonds. The van der Waals surface area contributed by atoms with E-state index in [-0.39, 0.29) is 48.8 Å². The molecule has 6 aromatic heterocycles. The molecule has 4 aromatic carbocycles. The van der Waals surface area contributed by atoms with E-state index < -0.39 is 52.2 Å². The number of nitrogens with one attached hydrogen (secondary N) is 5. The second kappa shape index (κ2) is 22.5. The van der Waals surface area contributed by atoms with Crippen LogP contribution in [0, 0.1) is 23.3 Å². The summed E-state index contributed by atoms with van der Waals surface area (Å²) in [6.45, 7) is 0.252.